The first kappa shape index (κ1) is 17.2. The SMILES string of the molecule is COc1ccc(C(=O)N2C[C@@H](CO)[C@H](c3ccncc3)C2)c(OC)c1. The van der Waals surface area contributed by atoms with Crippen molar-refractivity contribution in [1.29, 1.82) is 0 Å². The fourth-order valence-electron chi connectivity index (χ4n) is 3.36. The number of hydrogen-bond acceptors (Lipinski definition) is 5. The summed E-state index contributed by atoms with van der Waals surface area (Å²) in [7, 11) is 3.10. The van der Waals surface area contributed by atoms with E-state index in [0.717, 1.165) is 5.56 Å². The molecule has 1 N–H and O–H groups in total. The Balaban J connectivity index is 1.84. The first-order valence-corrected chi connectivity index (χ1v) is 8.20. The minimum absolute atomic E-state index is 0.00981. The monoisotopic (exact) mass is 342 g/mol. The molecule has 3 rings (SSSR count). The highest BCUT2D eigenvalue weighted by atomic mass is 16.5. The van der Waals surface area contributed by atoms with E-state index in [-0.39, 0.29) is 24.3 Å². The van der Waals surface area contributed by atoms with Gasteiger partial charge in [-0.1, -0.05) is 0 Å². The lowest BCUT2D eigenvalue weighted by Crippen LogP contribution is -2.29. The van der Waals surface area contributed by atoms with Crippen molar-refractivity contribution in [3.63, 3.8) is 0 Å². The van der Waals surface area contributed by atoms with Gasteiger partial charge in [-0.2, -0.15) is 0 Å². The van der Waals surface area contributed by atoms with Crippen LogP contribution < -0.4 is 9.47 Å². The van der Waals surface area contributed by atoms with Gasteiger partial charge in [0.05, 0.1) is 19.8 Å². The van der Waals surface area contributed by atoms with Gasteiger partial charge in [-0.3, -0.25) is 9.78 Å². The number of benzene rings is 1. The second-order valence-corrected chi connectivity index (χ2v) is 6.11. The smallest absolute Gasteiger partial charge is 0.257 e. The van der Waals surface area contributed by atoms with Gasteiger partial charge in [-0.15, -0.1) is 0 Å². The van der Waals surface area contributed by atoms with Gasteiger partial charge in [-0.25, -0.2) is 0 Å². The second-order valence-electron chi connectivity index (χ2n) is 6.11. The highest BCUT2D eigenvalue weighted by molar-refractivity contribution is 5.97. The summed E-state index contributed by atoms with van der Waals surface area (Å²) < 4.78 is 10.5. The van der Waals surface area contributed by atoms with Gasteiger partial charge >= 0.3 is 0 Å². The van der Waals surface area contributed by atoms with Crippen molar-refractivity contribution in [2.45, 2.75) is 5.92 Å². The molecule has 0 saturated carbocycles. The lowest BCUT2D eigenvalue weighted by molar-refractivity contribution is 0.0778. The molecule has 2 aromatic rings. The van der Waals surface area contributed by atoms with E-state index in [1.54, 1.807) is 42.6 Å². The molecule has 1 aromatic carbocycles. The number of methoxy groups -OCH3 is 2. The number of pyridine rings is 1. The summed E-state index contributed by atoms with van der Waals surface area (Å²) in [6, 6.07) is 9.04. The van der Waals surface area contributed by atoms with Crippen molar-refractivity contribution in [3.05, 3.63) is 53.9 Å². The van der Waals surface area contributed by atoms with Crippen LogP contribution in [0.4, 0.5) is 0 Å². The molecular weight excluding hydrogens is 320 g/mol. The Morgan fingerprint density at radius 1 is 1.20 bits per heavy atom. The van der Waals surface area contributed by atoms with Crippen molar-refractivity contribution in [3.8, 4) is 11.5 Å². The molecule has 2 heterocycles. The Morgan fingerprint density at radius 3 is 2.60 bits per heavy atom. The average molecular weight is 342 g/mol. The van der Waals surface area contributed by atoms with Crippen LogP contribution >= 0.6 is 0 Å². The van der Waals surface area contributed by atoms with Gasteiger partial charge in [0, 0.05) is 50.0 Å². The molecule has 0 spiro atoms. The normalized spacial score (nSPS) is 19.7. The van der Waals surface area contributed by atoms with Gasteiger partial charge < -0.3 is 19.5 Å². The van der Waals surface area contributed by atoms with Gasteiger partial charge in [0.15, 0.2) is 0 Å². The van der Waals surface area contributed by atoms with E-state index in [4.69, 9.17) is 9.47 Å². The van der Waals surface area contributed by atoms with E-state index in [1.165, 1.54) is 7.11 Å². The molecule has 2 atom stereocenters. The zero-order valence-electron chi connectivity index (χ0n) is 14.4. The molecule has 0 unspecified atom stereocenters. The fraction of sp³-hybridized carbons (Fsp3) is 0.368. The van der Waals surface area contributed by atoms with Crippen molar-refractivity contribution in [2.75, 3.05) is 33.9 Å². The molecule has 1 amide bonds. The number of amides is 1. The third-order valence-corrected chi connectivity index (χ3v) is 4.74. The number of aliphatic hydroxyl groups is 1. The molecule has 1 aliphatic heterocycles. The number of carbonyl (C=O) groups excluding carboxylic acids is 1. The summed E-state index contributed by atoms with van der Waals surface area (Å²) in [4.78, 5) is 18.8. The van der Waals surface area contributed by atoms with Crippen LogP contribution in [-0.4, -0.2) is 54.8 Å². The largest absolute Gasteiger partial charge is 0.497 e. The number of hydrogen-bond donors (Lipinski definition) is 1. The van der Waals surface area contributed by atoms with Crippen LogP contribution in [0.3, 0.4) is 0 Å². The van der Waals surface area contributed by atoms with Gasteiger partial charge in [0.2, 0.25) is 0 Å². The van der Waals surface area contributed by atoms with E-state index < -0.39 is 0 Å². The number of nitrogens with zero attached hydrogens (tertiary/aromatic N) is 2. The Bertz CT molecular complexity index is 735. The van der Waals surface area contributed by atoms with Crippen LogP contribution in [0.5, 0.6) is 11.5 Å². The molecule has 6 heteroatoms. The quantitative estimate of drug-likeness (QED) is 0.899. The van der Waals surface area contributed by atoms with Crippen LogP contribution in [0, 0.1) is 5.92 Å². The Morgan fingerprint density at radius 2 is 1.96 bits per heavy atom. The molecule has 132 valence electrons. The fourth-order valence-corrected chi connectivity index (χ4v) is 3.36. The summed E-state index contributed by atoms with van der Waals surface area (Å²) in [5.41, 5.74) is 1.58. The third-order valence-electron chi connectivity index (χ3n) is 4.74. The number of likely N-dealkylation sites (tertiary alicyclic amines) is 1. The summed E-state index contributed by atoms with van der Waals surface area (Å²) in [6.45, 7) is 1.11. The first-order valence-electron chi connectivity index (χ1n) is 8.20. The minimum atomic E-state index is -0.102. The number of aromatic nitrogens is 1. The van der Waals surface area contributed by atoms with Gasteiger partial charge in [0.25, 0.3) is 5.91 Å². The van der Waals surface area contributed by atoms with Crippen LogP contribution in [0.15, 0.2) is 42.7 Å². The molecule has 1 saturated heterocycles. The van der Waals surface area contributed by atoms with Crippen molar-refractivity contribution in [2.24, 2.45) is 5.92 Å². The van der Waals surface area contributed by atoms with E-state index in [1.807, 2.05) is 12.1 Å². The van der Waals surface area contributed by atoms with E-state index in [0.29, 0.717) is 30.2 Å². The summed E-state index contributed by atoms with van der Waals surface area (Å²) in [5.74, 6) is 1.13. The Kier molecular flexibility index (Phi) is 5.19. The Labute approximate surface area is 147 Å². The Hall–Kier alpha value is -2.60. The van der Waals surface area contributed by atoms with E-state index in [2.05, 4.69) is 4.98 Å². The molecule has 0 bridgehead atoms. The maximum atomic E-state index is 13.0. The van der Waals surface area contributed by atoms with Crippen molar-refractivity contribution in [1.82, 2.24) is 9.88 Å². The molecule has 25 heavy (non-hydrogen) atoms. The highest BCUT2D eigenvalue weighted by Gasteiger charge is 2.36. The molecule has 1 aliphatic rings. The zero-order chi connectivity index (χ0) is 17.8. The lowest BCUT2D eigenvalue weighted by atomic mass is 9.90. The first-order chi connectivity index (χ1) is 12.2. The molecule has 1 fully saturated rings. The minimum Gasteiger partial charge on any atom is -0.497 e. The van der Waals surface area contributed by atoms with Crippen molar-refractivity contribution < 1.29 is 19.4 Å². The van der Waals surface area contributed by atoms with Crippen LogP contribution in [0.2, 0.25) is 0 Å². The van der Waals surface area contributed by atoms with E-state index >= 15 is 0 Å². The summed E-state index contributed by atoms with van der Waals surface area (Å²) in [5, 5.41) is 9.74. The average Bonchev–Trinajstić information content (AvgIpc) is 3.12. The highest BCUT2D eigenvalue weighted by Crippen LogP contribution is 2.34. The molecular formula is C19H22N2O4. The maximum absolute atomic E-state index is 13.0. The number of ether oxygens (including phenoxy) is 2. The van der Waals surface area contributed by atoms with Crippen LogP contribution in [-0.2, 0) is 0 Å². The second kappa shape index (κ2) is 7.53. The maximum Gasteiger partial charge on any atom is 0.257 e. The number of aliphatic hydroxyl groups excluding tert-OH is 1. The summed E-state index contributed by atoms with van der Waals surface area (Å²) in [6.07, 6.45) is 3.47. The standard InChI is InChI=1S/C19H22N2O4/c1-24-15-3-4-16(18(9-15)25-2)19(23)21-10-14(12-22)17(11-21)13-5-7-20-8-6-13/h3-9,14,17,22H,10-12H2,1-2H3/t14-,17-/m0/s1. The topological polar surface area (TPSA) is 71.9 Å². The van der Waals surface area contributed by atoms with Crippen LogP contribution in [0.1, 0.15) is 21.8 Å². The summed E-state index contributed by atoms with van der Waals surface area (Å²) >= 11 is 0. The lowest BCUT2D eigenvalue weighted by Gasteiger charge is -2.18. The molecule has 1 aromatic heterocycles. The predicted molar refractivity (Wildman–Crippen MR) is 93.0 cm³/mol. The van der Waals surface area contributed by atoms with Crippen molar-refractivity contribution >= 4 is 5.91 Å². The number of rotatable bonds is 5. The molecule has 0 radical (unpaired) electrons. The van der Waals surface area contributed by atoms with E-state index in [9.17, 15) is 9.90 Å². The van der Waals surface area contributed by atoms with Gasteiger partial charge in [0.1, 0.15) is 11.5 Å². The number of carbonyl (C=O) groups is 1. The zero-order valence-corrected chi connectivity index (χ0v) is 14.4. The van der Waals surface area contributed by atoms with Crippen LogP contribution in [0.25, 0.3) is 0 Å². The third kappa shape index (κ3) is 3.44. The van der Waals surface area contributed by atoms with Gasteiger partial charge in [-0.05, 0) is 29.8 Å². The molecule has 6 nitrogen and oxygen atoms in total. The molecule has 0 aliphatic carbocycles. The predicted octanol–water partition coefficient (Wildman–Crippen LogP) is 1.95.